The summed E-state index contributed by atoms with van der Waals surface area (Å²) >= 11 is 6.54. The Morgan fingerprint density at radius 3 is 2.45 bits per heavy atom. The first-order valence-electron chi connectivity index (χ1n) is 11.6. The summed E-state index contributed by atoms with van der Waals surface area (Å²) in [5.74, 6) is -1.10. The van der Waals surface area contributed by atoms with Gasteiger partial charge >= 0.3 is 6.18 Å². The van der Waals surface area contributed by atoms with Gasteiger partial charge in [-0.15, -0.1) is 11.3 Å². The lowest BCUT2D eigenvalue weighted by Crippen LogP contribution is -2.18. The number of pyridine rings is 1. The predicted molar refractivity (Wildman–Crippen MR) is 146 cm³/mol. The predicted octanol–water partition coefficient (Wildman–Crippen LogP) is 6.53. The van der Waals surface area contributed by atoms with Gasteiger partial charge in [0.25, 0.3) is 11.8 Å². The third-order valence-corrected chi connectivity index (χ3v) is 7.18. The van der Waals surface area contributed by atoms with E-state index in [1.54, 1.807) is 48.5 Å². The maximum Gasteiger partial charge on any atom is 0.433 e. The average Bonchev–Trinajstić information content (AvgIpc) is 3.53. The van der Waals surface area contributed by atoms with Gasteiger partial charge in [0, 0.05) is 16.6 Å². The van der Waals surface area contributed by atoms with Crippen molar-refractivity contribution in [3.05, 3.63) is 93.7 Å². The Hall–Kier alpha value is -4.42. The van der Waals surface area contributed by atoms with Crippen LogP contribution >= 0.6 is 22.9 Å². The molecule has 0 radical (unpaired) electrons. The van der Waals surface area contributed by atoms with E-state index >= 15 is 0 Å². The highest BCUT2D eigenvalue weighted by Gasteiger charge is 2.35. The fraction of sp³-hybridized carbons (Fsp3) is 0.111. The third-order valence-electron chi connectivity index (χ3n) is 5.83. The number of alkyl halides is 3. The molecule has 3 heterocycles. The number of hydrogen-bond donors (Lipinski definition) is 2. The minimum Gasteiger partial charge on any atom is -0.471 e. The number of rotatable bonds is 7. The van der Waals surface area contributed by atoms with Gasteiger partial charge in [-0.2, -0.15) is 18.3 Å². The van der Waals surface area contributed by atoms with Gasteiger partial charge in [0.05, 0.1) is 5.69 Å². The number of carbonyl (C=O) groups excluding carboxylic acids is 2. The number of halogens is 4. The minimum absolute atomic E-state index is 0.00938. The largest absolute Gasteiger partial charge is 0.471 e. The molecular formula is C27H19ClF3N5O3S. The fourth-order valence-corrected chi connectivity index (χ4v) is 5.03. The maximum absolute atomic E-state index is 13.7. The van der Waals surface area contributed by atoms with E-state index in [-0.39, 0.29) is 38.8 Å². The van der Waals surface area contributed by atoms with Crippen LogP contribution in [0.2, 0.25) is 5.02 Å². The number of nitrogens with zero attached hydrogens (tertiary/aromatic N) is 3. The van der Waals surface area contributed by atoms with Gasteiger partial charge in [-0.1, -0.05) is 41.4 Å². The molecule has 0 aliphatic carbocycles. The number of amides is 2. The number of carbonyl (C=O) groups is 2. The molecule has 13 heteroatoms. The number of benzene rings is 2. The molecule has 5 rings (SSSR count). The van der Waals surface area contributed by atoms with Crippen LogP contribution in [0.3, 0.4) is 0 Å². The van der Waals surface area contributed by atoms with Crippen LogP contribution in [0.5, 0.6) is 5.75 Å². The first kappa shape index (κ1) is 27.2. The first-order chi connectivity index (χ1) is 19.0. The number of thiophene rings is 1. The van der Waals surface area contributed by atoms with E-state index < -0.39 is 23.7 Å². The Balaban J connectivity index is 1.51. The summed E-state index contributed by atoms with van der Waals surface area (Å²) in [5.41, 5.74) is 5.84. The molecule has 40 heavy (non-hydrogen) atoms. The second-order valence-corrected chi connectivity index (χ2v) is 10.1. The lowest BCUT2D eigenvalue weighted by Gasteiger charge is -2.12. The van der Waals surface area contributed by atoms with Gasteiger partial charge in [-0.05, 0) is 54.4 Å². The van der Waals surface area contributed by atoms with Crippen molar-refractivity contribution in [2.75, 3.05) is 5.32 Å². The highest BCUT2D eigenvalue weighted by molar-refractivity contribution is 7.21. The summed E-state index contributed by atoms with van der Waals surface area (Å²) in [6, 6.07) is 15.8. The normalized spacial score (nSPS) is 11.5. The number of primary amides is 1. The quantitative estimate of drug-likeness (QED) is 0.226. The molecule has 0 atom stereocenters. The zero-order chi connectivity index (χ0) is 28.6. The number of aryl methyl sites for hydroxylation is 1. The van der Waals surface area contributed by atoms with Crippen LogP contribution in [0.4, 0.5) is 18.9 Å². The summed E-state index contributed by atoms with van der Waals surface area (Å²) < 4.78 is 48.1. The highest BCUT2D eigenvalue weighted by Crippen LogP contribution is 2.43. The monoisotopic (exact) mass is 585 g/mol. The number of fused-ring (bicyclic) bond motifs is 1. The number of nitrogens with one attached hydrogen (secondary N) is 1. The van der Waals surface area contributed by atoms with Crippen LogP contribution in [-0.4, -0.2) is 26.6 Å². The summed E-state index contributed by atoms with van der Waals surface area (Å²) in [7, 11) is 0. The van der Waals surface area contributed by atoms with Crippen LogP contribution in [0.15, 0.2) is 66.9 Å². The molecule has 0 aliphatic rings. The van der Waals surface area contributed by atoms with Crippen molar-refractivity contribution in [2.45, 2.75) is 19.8 Å². The van der Waals surface area contributed by atoms with E-state index in [0.717, 1.165) is 11.6 Å². The van der Waals surface area contributed by atoms with E-state index in [1.807, 2.05) is 6.92 Å². The molecular weight excluding hydrogens is 567 g/mol. The van der Waals surface area contributed by atoms with E-state index in [9.17, 15) is 22.8 Å². The summed E-state index contributed by atoms with van der Waals surface area (Å²) in [6.45, 7) is 1.83. The second kappa shape index (κ2) is 10.6. The molecule has 2 amide bonds. The molecule has 8 nitrogen and oxygen atoms in total. The van der Waals surface area contributed by atoms with Crippen molar-refractivity contribution < 1.29 is 27.5 Å². The molecule has 0 saturated carbocycles. The van der Waals surface area contributed by atoms with Crippen molar-refractivity contribution >= 4 is 50.7 Å². The SMILES string of the molecule is Cc1ccc(-c2cc(C(F)(F)F)nc3sc(C(N)=O)c(NC(=O)c4ccn(COc5ccc(Cl)cc5)n4)c23)cc1. The van der Waals surface area contributed by atoms with E-state index in [0.29, 0.717) is 27.7 Å². The number of nitrogens with two attached hydrogens (primary N) is 1. The van der Waals surface area contributed by atoms with Crippen molar-refractivity contribution in [2.24, 2.45) is 5.73 Å². The van der Waals surface area contributed by atoms with Crippen molar-refractivity contribution in [1.29, 1.82) is 0 Å². The number of aromatic nitrogens is 3. The summed E-state index contributed by atoms with van der Waals surface area (Å²) in [4.78, 5) is 29.0. The molecule has 3 aromatic heterocycles. The number of hydrogen-bond acceptors (Lipinski definition) is 6. The van der Waals surface area contributed by atoms with E-state index in [4.69, 9.17) is 22.1 Å². The van der Waals surface area contributed by atoms with E-state index in [2.05, 4.69) is 15.4 Å². The van der Waals surface area contributed by atoms with Crippen molar-refractivity contribution in [3.63, 3.8) is 0 Å². The Morgan fingerprint density at radius 1 is 1.10 bits per heavy atom. The molecule has 204 valence electrons. The van der Waals surface area contributed by atoms with Gasteiger partial charge in [0.1, 0.15) is 21.2 Å². The molecule has 0 spiro atoms. The van der Waals surface area contributed by atoms with E-state index in [1.165, 1.54) is 16.9 Å². The summed E-state index contributed by atoms with van der Waals surface area (Å²) in [5, 5.41) is 7.53. The van der Waals surface area contributed by atoms with Crippen molar-refractivity contribution in [1.82, 2.24) is 14.8 Å². The third kappa shape index (κ3) is 5.63. The van der Waals surface area contributed by atoms with Crippen LogP contribution in [-0.2, 0) is 12.9 Å². The molecule has 0 aliphatic heterocycles. The van der Waals surface area contributed by atoms with Crippen LogP contribution < -0.4 is 15.8 Å². The fourth-order valence-electron chi connectivity index (χ4n) is 3.90. The van der Waals surface area contributed by atoms with Gasteiger partial charge in [0.15, 0.2) is 12.4 Å². The molecule has 0 saturated heterocycles. The Labute approximate surface area is 234 Å². The second-order valence-electron chi connectivity index (χ2n) is 8.69. The average molecular weight is 586 g/mol. The molecule has 2 aromatic carbocycles. The molecule has 0 unspecified atom stereocenters. The van der Waals surface area contributed by atoms with Crippen molar-refractivity contribution in [3.8, 4) is 16.9 Å². The Kier molecular flexibility index (Phi) is 7.21. The van der Waals surface area contributed by atoms with Crippen LogP contribution in [0.1, 0.15) is 31.4 Å². The van der Waals surface area contributed by atoms with Gasteiger partial charge in [-0.3, -0.25) is 9.59 Å². The highest BCUT2D eigenvalue weighted by atomic mass is 35.5. The number of anilines is 1. The maximum atomic E-state index is 13.7. The van der Waals surface area contributed by atoms with Gasteiger partial charge < -0.3 is 15.8 Å². The van der Waals surface area contributed by atoms with Gasteiger partial charge in [0.2, 0.25) is 0 Å². The minimum atomic E-state index is -4.74. The molecule has 3 N–H and O–H groups in total. The first-order valence-corrected chi connectivity index (χ1v) is 12.8. The number of ether oxygens (including phenoxy) is 1. The van der Waals surface area contributed by atoms with Crippen LogP contribution in [0, 0.1) is 6.92 Å². The lowest BCUT2D eigenvalue weighted by molar-refractivity contribution is -0.140. The van der Waals surface area contributed by atoms with Crippen LogP contribution in [0.25, 0.3) is 21.3 Å². The zero-order valence-electron chi connectivity index (χ0n) is 20.6. The molecule has 0 bridgehead atoms. The summed E-state index contributed by atoms with van der Waals surface area (Å²) in [6.07, 6.45) is -3.23. The molecule has 5 aromatic rings. The molecule has 0 fully saturated rings. The Morgan fingerprint density at radius 2 is 1.80 bits per heavy atom. The topological polar surface area (TPSA) is 112 Å². The zero-order valence-corrected chi connectivity index (χ0v) is 22.2. The van der Waals surface area contributed by atoms with Gasteiger partial charge in [-0.25, -0.2) is 9.67 Å². The lowest BCUT2D eigenvalue weighted by atomic mass is 10.00. The smallest absolute Gasteiger partial charge is 0.433 e. The Bertz CT molecular complexity index is 1730. The standard InChI is InChI=1S/C27H19ClF3N5O3S/c1-14-2-4-15(5-3-14)18-12-20(27(29,30)31)33-26-21(18)22(23(40-26)24(32)37)34-25(38)19-10-11-36(35-19)13-39-17-8-6-16(28)7-9-17/h2-12H,13H2,1H3,(H2,32,37)(H,34,38).